The Labute approximate surface area is 137 Å². The smallest absolute Gasteiger partial charge is 0.223 e. The van der Waals surface area contributed by atoms with Crippen molar-refractivity contribution in [1.82, 2.24) is 20.0 Å². The van der Waals surface area contributed by atoms with Crippen molar-refractivity contribution >= 4 is 5.91 Å². The summed E-state index contributed by atoms with van der Waals surface area (Å²) in [5.41, 5.74) is 2.40. The minimum absolute atomic E-state index is 0.160. The maximum Gasteiger partial charge on any atom is 0.223 e. The summed E-state index contributed by atoms with van der Waals surface area (Å²) in [6.45, 7) is 4.57. The van der Waals surface area contributed by atoms with Crippen molar-refractivity contribution in [3.63, 3.8) is 0 Å². The van der Waals surface area contributed by atoms with E-state index >= 15 is 0 Å². The van der Waals surface area contributed by atoms with Gasteiger partial charge in [-0.05, 0) is 18.6 Å². The monoisotopic (exact) mass is 312 g/mol. The van der Waals surface area contributed by atoms with Gasteiger partial charge < -0.3 is 10.2 Å². The van der Waals surface area contributed by atoms with Gasteiger partial charge in [0.25, 0.3) is 0 Å². The van der Waals surface area contributed by atoms with Crippen LogP contribution in [0.5, 0.6) is 0 Å². The van der Waals surface area contributed by atoms with Crippen LogP contribution in [0.3, 0.4) is 0 Å². The van der Waals surface area contributed by atoms with Gasteiger partial charge in [-0.3, -0.25) is 9.48 Å². The molecule has 23 heavy (non-hydrogen) atoms. The summed E-state index contributed by atoms with van der Waals surface area (Å²) in [5.74, 6) is 0.525. The molecule has 1 amide bonds. The SMILES string of the molecule is CCn1nccc1CNC[C@@H]1CC(=O)N(C)[C@@H]1c1ccccc1. The molecule has 1 fully saturated rings. The fraction of sp³-hybridized carbons (Fsp3) is 0.444. The van der Waals surface area contributed by atoms with Gasteiger partial charge in [-0.15, -0.1) is 0 Å². The van der Waals surface area contributed by atoms with Crippen LogP contribution in [-0.2, 0) is 17.9 Å². The first-order chi connectivity index (χ1) is 11.2. The van der Waals surface area contributed by atoms with E-state index in [2.05, 4.69) is 29.5 Å². The molecule has 0 aliphatic carbocycles. The quantitative estimate of drug-likeness (QED) is 0.890. The summed E-state index contributed by atoms with van der Waals surface area (Å²) in [5, 5.41) is 7.79. The van der Waals surface area contributed by atoms with Crippen LogP contribution in [-0.4, -0.2) is 34.2 Å². The van der Waals surface area contributed by atoms with Crippen LogP contribution in [0, 0.1) is 5.92 Å². The number of amides is 1. The van der Waals surface area contributed by atoms with Crippen LogP contribution in [0.1, 0.15) is 30.6 Å². The molecule has 122 valence electrons. The lowest BCUT2D eigenvalue weighted by Crippen LogP contribution is -2.29. The first-order valence-corrected chi connectivity index (χ1v) is 8.22. The molecule has 1 N–H and O–H groups in total. The zero-order chi connectivity index (χ0) is 16.2. The molecule has 2 heterocycles. The molecule has 2 aromatic rings. The summed E-state index contributed by atoms with van der Waals surface area (Å²) < 4.78 is 1.99. The maximum atomic E-state index is 12.1. The molecule has 0 radical (unpaired) electrons. The normalized spacial score (nSPS) is 21.1. The number of hydrogen-bond acceptors (Lipinski definition) is 3. The van der Waals surface area contributed by atoms with E-state index in [1.807, 2.05) is 47.1 Å². The lowest BCUT2D eigenvalue weighted by atomic mass is 9.93. The summed E-state index contributed by atoms with van der Waals surface area (Å²) >= 11 is 0. The third-order valence-electron chi connectivity index (χ3n) is 4.65. The number of aryl methyl sites for hydroxylation is 1. The molecule has 5 heteroatoms. The van der Waals surface area contributed by atoms with Gasteiger partial charge in [0.2, 0.25) is 5.91 Å². The molecule has 1 aliphatic rings. The highest BCUT2D eigenvalue weighted by Crippen LogP contribution is 2.36. The highest BCUT2D eigenvalue weighted by Gasteiger charge is 2.37. The Morgan fingerprint density at radius 3 is 2.78 bits per heavy atom. The molecular weight excluding hydrogens is 288 g/mol. The second kappa shape index (κ2) is 6.96. The fourth-order valence-electron chi connectivity index (χ4n) is 3.46. The van der Waals surface area contributed by atoms with Crippen molar-refractivity contribution in [3.8, 4) is 0 Å². The standard InChI is InChI=1S/C18H24N4O/c1-3-22-16(9-10-20-22)13-19-12-15-11-17(23)21(2)18(15)14-7-5-4-6-8-14/h4-10,15,18-19H,3,11-13H2,1-2H3/t15-,18+/m0/s1. The van der Waals surface area contributed by atoms with Crippen LogP contribution in [0.15, 0.2) is 42.6 Å². The van der Waals surface area contributed by atoms with Crippen molar-refractivity contribution in [2.75, 3.05) is 13.6 Å². The molecule has 1 aromatic heterocycles. The van der Waals surface area contributed by atoms with Crippen molar-refractivity contribution in [2.24, 2.45) is 5.92 Å². The maximum absolute atomic E-state index is 12.1. The van der Waals surface area contributed by atoms with Gasteiger partial charge >= 0.3 is 0 Å². The van der Waals surface area contributed by atoms with Crippen LogP contribution in [0.25, 0.3) is 0 Å². The molecule has 2 atom stereocenters. The summed E-state index contributed by atoms with van der Waals surface area (Å²) in [6.07, 6.45) is 2.44. The predicted octanol–water partition coefficient (Wildman–Crippen LogP) is 2.21. The molecular formula is C18H24N4O. The van der Waals surface area contributed by atoms with Gasteiger partial charge in [-0.1, -0.05) is 30.3 Å². The second-order valence-electron chi connectivity index (χ2n) is 6.09. The van der Waals surface area contributed by atoms with Crippen molar-refractivity contribution in [2.45, 2.75) is 32.5 Å². The molecule has 0 unspecified atom stereocenters. The van der Waals surface area contributed by atoms with Crippen LogP contribution in [0.4, 0.5) is 0 Å². The van der Waals surface area contributed by atoms with Crippen LogP contribution < -0.4 is 5.32 Å². The fourth-order valence-corrected chi connectivity index (χ4v) is 3.46. The lowest BCUT2D eigenvalue weighted by Gasteiger charge is -2.25. The number of carbonyl (C=O) groups excluding carboxylic acids is 1. The van der Waals surface area contributed by atoms with Gasteiger partial charge in [0.05, 0.1) is 11.7 Å². The molecule has 0 spiro atoms. The minimum Gasteiger partial charge on any atom is -0.338 e. The van der Waals surface area contributed by atoms with Gasteiger partial charge in [0.1, 0.15) is 0 Å². The third-order valence-corrected chi connectivity index (χ3v) is 4.65. The molecule has 1 saturated heterocycles. The second-order valence-corrected chi connectivity index (χ2v) is 6.09. The Bertz CT molecular complexity index is 652. The Morgan fingerprint density at radius 1 is 1.26 bits per heavy atom. The van der Waals surface area contributed by atoms with E-state index in [9.17, 15) is 4.79 Å². The topological polar surface area (TPSA) is 50.2 Å². The van der Waals surface area contributed by atoms with Crippen LogP contribution >= 0.6 is 0 Å². The van der Waals surface area contributed by atoms with Crippen molar-refractivity contribution < 1.29 is 4.79 Å². The number of likely N-dealkylation sites (tertiary alicyclic amines) is 1. The lowest BCUT2D eigenvalue weighted by molar-refractivity contribution is -0.127. The number of carbonyl (C=O) groups is 1. The van der Waals surface area contributed by atoms with Crippen molar-refractivity contribution in [1.29, 1.82) is 0 Å². The van der Waals surface area contributed by atoms with E-state index < -0.39 is 0 Å². The molecule has 1 aromatic carbocycles. The van der Waals surface area contributed by atoms with E-state index in [-0.39, 0.29) is 11.9 Å². The van der Waals surface area contributed by atoms with Gasteiger partial charge in [0, 0.05) is 45.2 Å². The first kappa shape index (κ1) is 15.7. The molecule has 5 nitrogen and oxygen atoms in total. The number of nitrogens with one attached hydrogen (secondary N) is 1. The highest BCUT2D eigenvalue weighted by molar-refractivity contribution is 5.79. The molecule has 3 rings (SSSR count). The van der Waals surface area contributed by atoms with E-state index in [1.54, 1.807) is 0 Å². The first-order valence-electron chi connectivity index (χ1n) is 8.22. The third kappa shape index (κ3) is 3.29. The number of nitrogens with zero attached hydrogens (tertiary/aromatic N) is 3. The largest absolute Gasteiger partial charge is 0.338 e. The Balaban J connectivity index is 1.65. The van der Waals surface area contributed by atoms with E-state index in [0.29, 0.717) is 12.3 Å². The molecule has 1 aliphatic heterocycles. The Kier molecular flexibility index (Phi) is 4.76. The Morgan fingerprint density at radius 2 is 2.04 bits per heavy atom. The highest BCUT2D eigenvalue weighted by atomic mass is 16.2. The Hall–Kier alpha value is -2.14. The number of rotatable bonds is 6. The summed E-state index contributed by atoms with van der Waals surface area (Å²) in [6, 6.07) is 12.5. The zero-order valence-corrected chi connectivity index (χ0v) is 13.8. The van der Waals surface area contributed by atoms with Crippen LogP contribution in [0.2, 0.25) is 0 Å². The average Bonchev–Trinajstić information content (AvgIpc) is 3.13. The zero-order valence-electron chi connectivity index (χ0n) is 13.8. The van der Waals surface area contributed by atoms with E-state index in [4.69, 9.17) is 0 Å². The number of aromatic nitrogens is 2. The van der Waals surface area contributed by atoms with E-state index in [1.165, 1.54) is 11.3 Å². The molecule has 0 bridgehead atoms. The number of benzene rings is 1. The molecule has 0 saturated carbocycles. The van der Waals surface area contributed by atoms with Gasteiger partial charge in [-0.2, -0.15) is 5.10 Å². The van der Waals surface area contributed by atoms with Crippen molar-refractivity contribution in [3.05, 3.63) is 53.9 Å². The van der Waals surface area contributed by atoms with Gasteiger partial charge in [0.15, 0.2) is 0 Å². The van der Waals surface area contributed by atoms with Gasteiger partial charge in [-0.25, -0.2) is 0 Å². The predicted molar refractivity (Wildman–Crippen MR) is 89.7 cm³/mol. The average molecular weight is 312 g/mol. The summed E-state index contributed by atoms with van der Waals surface area (Å²) in [7, 11) is 1.91. The minimum atomic E-state index is 0.160. The summed E-state index contributed by atoms with van der Waals surface area (Å²) in [4.78, 5) is 14.0. The number of hydrogen-bond donors (Lipinski definition) is 1. The van der Waals surface area contributed by atoms with E-state index in [0.717, 1.165) is 19.6 Å².